The molecule has 1 amide bonds. The number of amides is 1. The van der Waals surface area contributed by atoms with Gasteiger partial charge in [0.1, 0.15) is 23.5 Å². The number of hydrogen-bond acceptors (Lipinski definition) is 6. The molecule has 1 aromatic heterocycles. The predicted octanol–water partition coefficient (Wildman–Crippen LogP) is 5.07. The number of rotatable bonds is 5. The van der Waals surface area contributed by atoms with Crippen LogP contribution in [0.2, 0.25) is 0 Å². The second kappa shape index (κ2) is 8.14. The normalized spacial score (nSPS) is 11.1. The fraction of sp³-hybridized carbons (Fsp3) is 0.238. The Hall–Kier alpha value is -3.68. The number of fused-ring (bicyclic) bond motifs is 1. The molecule has 0 aliphatic rings. The molecule has 8 heteroatoms. The van der Waals surface area contributed by atoms with E-state index in [0.717, 1.165) is 5.56 Å². The number of nitro benzene ring substituents is 1. The Labute approximate surface area is 167 Å². The van der Waals surface area contributed by atoms with Crippen LogP contribution in [0.3, 0.4) is 0 Å². The van der Waals surface area contributed by atoms with Crippen LogP contribution in [0.5, 0.6) is 5.75 Å². The molecule has 0 bridgehead atoms. The summed E-state index contributed by atoms with van der Waals surface area (Å²) in [6, 6.07) is 13.4. The lowest BCUT2D eigenvalue weighted by Gasteiger charge is -2.19. The van der Waals surface area contributed by atoms with Crippen molar-refractivity contribution >= 4 is 28.4 Å². The summed E-state index contributed by atoms with van der Waals surface area (Å²) in [5, 5.41) is 14.3. The Morgan fingerprint density at radius 3 is 2.69 bits per heavy atom. The molecule has 0 saturated carbocycles. The van der Waals surface area contributed by atoms with Crippen molar-refractivity contribution in [1.29, 1.82) is 0 Å². The van der Waals surface area contributed by atoms with Gasteiger partial charge in [-0.2, -0.15) is 0 Å². The highest BCUT2D eigenvalue weighted by atomic mass is 16.6. The summed E-state index contributed by atoms with van der Waals surface area (Å²) in [4.78, 5) is 26.9. The number of anilines is 1. The van der Waals surface area contributed by atoms with Crippen LogP contribution in [-0.2, 0) is 11.3 Å². The number of non-ortho nitro benzene ring substituents is 1. The van der Waals surface area contributed by atoms with Crippen molar-refractivity contribution in [3.63, 3.8) is 0 Å². The highest BCUT2D eigenvalue weighted by Gasteiger charge is 2.17. The number of benzene rings is 2. The molecular weight excluding hydrogens is 374 g/mol. The van der Waals surface area contributed by atoms with E-state index in [9.17, 15) is 14.9 Å². The van der Waals surface area contributed by atoms with Crippen molar-refractivity contribution in [2.75, 3.05) is 5.32 Å². The minimum Gasteiger partial charge on any atom is -0.487 e. The monoisotopic (exact) mass is 395 g/mol. The average molecular weight is 395 g/mol. The Kier molecular flexibility index (Phi) is 5.63. The Morgan fingerprint density at radius 2 is 1.97 bits per heavy atom. The van der Waals surface area contributed by atoms with Crippen molar-refractivity contribution in [3.05, 3.63) is 70.4 Å². The van der Waals surface area contributed by atoms with Crippen LogP contribution < -0.4 is 10.1 Å². The van der Waals surface area contributed by atoms with Gasteiger partial charge in [-0.25, -0.2) is 4.79 Å². The van der Waals surface area contributed by atoms with Gasteiger partial charge in [0.05, 0.1) is 10.3 Å². The molecule has 0 aliphatic carbocycles. The van der Waals surface area contributed by atoms with E-state index >= 15 is 0 Å². The van der Waals surface area contributed by atoms with E-state index in [-0.39, 0.29) is 12.3 Å². The molecule has 0 aliphatic heterocycles. The largest absolute Gasteiger partial charge is 0.487 e. The zero-order chi connectivity index (χ0) is 21.0. The number of pyridine rings is 1. The Balaban J connectivity index is 1.75. The molecule has 29 heavy (non-hydrogen) atoms. The average Bonchev–Trinajstić information content (AvgIpc) is 2.64. The van der Waals surface area contributed by atoms with E-state index < -0.39 is 16.6 Å². The maximum absolute atomic E-state index is 11.9. The van der Waals surface area contributed by atoms with E-state index in [4.69, 9.17) is 9.47 Å². The van der Waals surface area contributed by atoms with E-state index in [1.54, 1.807) is 57.3 Å². The number of carbonyl (C=O) groups is 1. The Morgan fingerprint density at radius 1 is 1.17 bits per heavy atom. The molecule has 1 heterocycles. The number of hydrogen-bond donors (Lipinski definition) is 1. The van der Waals surface area contributed by atoms with Crippen LogP contribution in [0.15, 0.2) is 54.7 Å². The highest BCUT2D eigenvalue weighted by Crippen LogP contribution is 2.31. The van der Waals surface area contributed by atoms with Gasteiger partial charge in [-0.3, -0.25) is 20.4 Å². The highest BCUT2D eigenvalue weighted by molar-refractivity contribution is 5.92. The molecule has 3 rings (SSSR count). The summed E-state index contributed by atoms with van der Waals surface area (Å²) in [7, 11) is 0. The third-order valence-electron chi connectivity index (χ3n) is 3.87. The maximum atomic E-state index is 11.9. The molecule has 0 saturated heterocycles. The van der Waals surface area contributed by atoms with Gasteiger partial charge < -0.3 is 9.47 Å². The summed E-state index contributed by atoms with van der Waals surface area (Å²) in [5.74, 6) is 0.441. The molecule has 0 spiro atoms. The van der Waals surface area contributed by atoms with Crippen molar-refractivity contribution in [1.82, 2.24) is 4.98 Å². The first kappa shape index (κ1) is 20.1. The van der Waals surface area contributed by atoms with Gasteiger partial charge in [0, 0.05) is 18.0 Å². The quantitative estimate of drug-likeness (QED) is 0.478. The maximum Gasteiger partial charge on any atom is 0.412 e. The number of nitrogens with zero attached hydrogens (tertiary/aromatic N) is 2. The van der Waals surface area contributed by atoms with E-state index in [1.165, 1.54) is 12.1 Å². The summed E-state index contributed by atoms with van der Waals surface area (Å²) in [6.45, 7) is 5.57. The first-order valence-corrected chi connectivity index (χ1v) is 8.97. The second-order valence-electron chi connectivity index (χ2n) is 7.36. The van der Waals surface area contributed by atoms with Gasteiger partial charge in [0.25, 0.3) is 5.69 Å². The van der Waals surface area contributed by atoms with Crippen LogP contribution in [0.25, 0.3) is 10.9 Å². The second-order valence-corrected chi connectivity index (χ2v) is 7.36. The van der Waals surface area contributed by atoms with Crippen LogP contribution in [-0.4, -0.2) is 21.6 Å². The van der Waals surface area contributed by atoms with Gasteiger partial charge in [-0.05, 0) is 56.7 Å². The van der Waals surface area contributed by atoms with Gasteiger partial charge in [-0.15, -0.1) is 0 Å². The molecule has 150 valence electrons. The van der Waals surface area contributed by atoms with Crippen LogP contribution in [0.4, 0.5) is 16.2 Å². The van der Waals surface area contributed by atoms with Crippen LogP contribution in [0, 0.1) is 10.1 Å². The topological polar surface area (TPSA) is 104 Å². The number of nitrogens with one attached hydrogen (secondary N) is 1. The SMILES string of the molecule is CC(C)(C)OC(=O)Nc1cccc(COc2ccc([N+](=O)[O-])c3cccnc23)c1. The molecule has 0 atom stereocenters. The third-order valence-corrected chi connectivity index (χ3v) is 3.87. The lowest BCUT2D eigenvalue weighted by molar-refractivity contribution is -0.383. The van der Waals surface area contributed by atoms with E-state index in [0.29, 0.717) is 22.3 Å². The van der Waals surface area contributed by atoms with Gasteiger partial charge in [-0.1, -0.05) is 12.1 Å². The molecule has 0 unspecified atom stereocenters. The number of nitro groups is 1. The molecular formula is C21H21N3O5. The molecule has 0 radical (unpaired) electrons. The van der Waals surface area contributed by atoms with Gasteiger partial charge >= 0.3 is 6.09 Å². The van der Waals surface area contributed by atoms with Crippen molar-refractivity contribution in [2.45, 2.75) is 33.0 Å². The minimum absolute atomic E-state index is 0.0241. The van der Waals surface area contributed by atoms with Crippen LogP contribution >= 0.6 is 0 Å². The first-order chi connectivity index (χ1) is 13.7. The molecule has 1 N–H and O–H groups in total. The number of carbonyl (C=O) groups excluding carboxylic acids is 1. The zero-order valence-corrected chi connectivity index (χ0v) is 16.3. The van der Waals surface area contributed by atoms with Crippen LogP contribution in [0.1, 0.15) is 26.3 Å². The fourth-order valence-corrected chi connectivity index (χ4v) is 2.73. The predicted molar refractivity (Wildman–Crippen MR) is 109 cm³/mol. The molecule has 2 aromatic carbocycles. The molecule has 3 aromatic rings. The number of aromatic nitrogens is 1. The fourth-order valence-electron chi connectivity index (χ4n) is 2.73. The van der Waals surface area contributed by atoms with Crippen molar-refractivity contribution < 1.29 is 19.2 Å². The molecule has 0 fully saturated rings. The van der Waals surface area contributed by atoms with Crippen molar-refractivity contribution in [2.24, 2.45) is 0 Å². The van der Waals surface area contributed by atoms with E-state index in [2.05, 4.69) is 10.3 Å². The lowest BCUT2D eigenvalue weighted by atomic mass is 10.1. The molecule has 8 nitrogen and oxygen atoms in total. The summed E-state index contributed by atoms with van der Waals surface area (Å²) < 4.78 is 11.1. The first-order valence-electron chi connectivity index (χ1n) is 8.97. The van der Waals surface area contributed by atoms with Gasteiger partial charge in [0.2, 0.25) is 0 Å². The lowest BCUT2D eigenvalue weighted by Crippen LogP contribution is -2.27. The standard InChI is InChI=1S/C21H21N3O5/c1-21(2,3)29-20(25)23-15-7-4-6-14(12-15)13-28-18-10-9-17(24(26)27)16-8-5-11-22-19(16)18/h4-12H,13H2,1-3H3,(H,23,25). The summed E-state index contributed by atoms with van der Waals surface area (Å²) in [6.07, 6.45) is 1.02. The van der Waals surface area contributed by atoms with E-state index in [1.807, 2.05) is 6.07 Å². The van der Waals surface area contributed by atoms with Crippen molar-refractivity contribution in [3.8, 4) is 5.75 Å². The zero-order valence-electron chi connectivity index (χ0n) is 16.3. The number of ether oxygens (including phenoxy) is 2. The van der Waals surface area contributed by atoms with Gasteiger partial charge in [0.15, 0.2) is 0 Å². The smallest absolute Gasteiger partial charge is 0.412 e. The third kappa shape index (κ3) is 5.19. The minimum atomic E-state index is -0.589. The summed E-state index contributed by atoms with van der Waals surface area (Å²) in [5.41, 5.74) is 1.19. The Bertz CT molecular complexity index is 1060. The summed E-state index contributed by atoms with van der Waals surface area (Å²) >= 11 is 0.